The minimum Gasteiger partial charge on any atom is -0.387 e. The standard InChI is InChI=1S/C14H18F3NO2/c1-10-9-20-6-5-18(10)8-13(19)11-3-2-4-12(7-11)14(15,16)17/h2-4,7,10,13,19H,5-6,8-9H2,1H3. The number of hydrogen-bond donors (Lipinski definition) is 1. The lowest BCUT2D eigenvalue weighted by Crippen LogP contribution is -2.45. The van der Waals surface area contributed by atoms with E-state index in [0.29, 0.717) is 31.9 Å². The summed E-state index contributed by atoms with van der Waals surface area (Å²) in [5, 5.41) is 10.1. The maximum absolute atomic E-state index is 12.6. The molecule has 2 atom stereocenters. The average molecular weight is 289 g/mol. The van der Waals surface area contributed by atoms with Gasteiger partial charge in [-0.1, -0.05) is 12.1 Å². The molecular weight excluding hydrogens is 271 g/mol. The monoisotopic (exact) mass is 289 g/mol. The van der Waals surface area contributed by atoms with Crippen LogP contribution in [0.15, 0.2) is 24.3 Å². The quantitative estimate of drug-likeness (QED) is 0.928. The summed E-state index contributed by atoms with van der Waals surface area (Å²) < 4.78 is 43.2. The van der Waals surface area contributed by atoms with Crippen LogP contribution in [-0.4, -0.2) is 42.4 Å². The Kier molecular flexibility index (Phi) is 4.67. The van der Waals surface area contributed by atoms with E-state index < -0.39 is 17.8 Å². The normalized spacial score (nSPS) is 22.8. The van der Waals surface area contributed by atoms with Crippen LogP contribution in [-0.2, 0) is 10.9 Å². The largest absolute Gasteiger partial charge is 0.416 e. The third kappa shape index (κ3) is 3.71. The van der Waals surface area contributed by atoms with Gasteiger partial charge in [0, 0.05) is 19.1 Å². The smallest absolute Gasteiger partial charge is 0.387 e. The number of β-amino-alcohol motifs (C(OH)–C–C–N with tert-alkyl or cyclic N) is 1. The van der Waals surface area contributed by atoms with Gasteiger partial charge in [0.2, 0.25) is 0 Å². The molecule has 0 radical (unpaired) electrons. The molecule has 3 nitrogen and oxygen atoms in total. The molecular formula is C14H18F3NO2. The molecule has 1 aromatic carbocycles. The van der Waals surface area contributed by atoms with Crippen LogP contribution in [0.2, 0.25) is 0 Å². The zero-order valence-electron chi connectivity index (χ0n) is 11.2. The maximum Gasteiger partial charge on any atom is 0.416 e. The Hall–Kier alpha value is -1.11. The molecule has 0 spiro atoms. The van der Waals surface area contributed by atoms with E-state index in [9.17, 15) is 18.3 Å². The number of morpholine rings is 1. The Morgan fingerprint density at radius 3 is 2.85 bits per heavy atom. The van der Waals surface area contributed by atoms with Crippen molar-refractivity contribution in [2.45, 2.75) is 25.2 Å². The summed E-state index contributed by atoms with van der Waals surface area (Å²) >= 11 is 0. The van der Waals surface area contributed by atoms with Crippen LogP contribution in [0.5, 0.6) is 0 Å². The zero-order chi connectivity index (χ0) is 14.8. The first-order valence-corrected chi connectivity index (χ1v) is 6.55. The highest BCUT2D eigenvalue weighted by Crippen LogP contribution is 2.31. The van der Waals surface area contributed by atoms with Gasteiger partial charge < -0.3 is 9.84 Å². The van der Waals surface area contributed by atoms with Gasteiger partial charge in [-0.2, -0.15) is 13.2 Å². The van der Waals surface area contributed by atoms with Crippen LogP contribution in [0.25, 0.3) is 0 Å². The lowest BCUT2D eigenvalue weighted by atomic mass is 10.0. The molecule has 112 valence electrons. The third-order valence-electron chi connectivity index (χ3n) is 3.51. The number of ether oxygens (including phenoxy) is 1. The van der Waals surface area contributed by atoms with E-state index in [1.54, 1.807) is 0 Å². The first kappa shape index (κ1) is 15.3. The van der Waals surface area contributed by atoms with Crippen molar-refractivity contribution in [2.24, 2.45) is 0 Å². The van der Waals surface area contributed by atoms with E-state index in [0.717, 1.165) is 12.1 Å². The number of benzene rings is 1. The molecule has 2 unspecified atom stereocenters. The molecule has 20 heavy (non-hydrogen) atoms. The van der Waals surface area contributed by atoms with Gasteiger partial charge in [0.15, 0.2) is 0 Å². The van der Waals surface area contributed by atoms with E-state index in [4.69, 9.17) is 4.74 Å². The Balaban J connectivity index is 2.07. The van der Waals surface area contributed by atoms with Crippen LogP contribution in [0.1, 0.15) is 24.2 Å². The SMILES string of the molecule is CC1COCCN1CC(O)c1cccc(C(F)(F)F)c1. The van der Waals surface area contributed by atoms with Crippen LogP contribution in [0.4, 0.5) is 13.2 Å². The van der Waals surface area contributed by atoms with E-state index in [-0.39, 0.29) is 6.04 Å². The predicted octanol–water partition coefficient (Wildman–Crippen LogP) is 2.46. The number of aliphatic hydroxyl groups excluding tert-OH is 1. The molecule has 1 aliphatic rings. The van der Waals surface area contributed by atoms with E-state index in [1.165, 1.54) is 12.1 Å². The Morgan fingerprint density at radius 1 is 1.45 bits per heavy atom. The van der Waals surface area contributed by atoms with Gasteiger partial charge in [-0.05, 0) is 24.6 Å². The van der Waals surface area contributed by atoms with Crippen molar-refractivity contribution >= 4 is 0 Å². The summed E-state index contributed by atoms with van der Waals surface area (Å²) in [6.45, 7) is 4.12. The second-order valence-electron chi connectivity index (χ2n) is 5.06. The predicted molar refractivity (Wildman–Crippen MR) is 68.3 cm³/mol. The molecule has 0 bridgehead atoms. The van der Waals surface area contributed by atoms with Crippen molar-refractivity contribution in [1.82, 2.24) is 4.90 Å². The van der Waals surface area contributed by atoms with Crippen molar-refractivity contribution in [3.8, 4) is 0 Å². The summed E-state index contributed by atoms with van der Waals surface area (Å²) in [6.07, 6.45) is -5.32. The van der Waals surface area contributed by atoms with Crippen molar-refractivity contribution in [2.75, 3.05) is 26.3 Å². The first-order chi connectivity index (χ1) is 9.38. The topological polar surface area (TPSA) is 32.7 Å². The molecule has 1 aliphatic heterocycles. The number of hydrogen-bond acceptors (Lipinski definition) is 3. The molecule has 0 saturated carbocycles. The van der Waals surface area contributed by atoms with Crippen molar-refractivity contribution in [1.29, 1.82) is 0 Å². The fourth-order valence-electron chi connectivity index (χ4n) is 2.28. The third-order valence-corrected chi connectivity index (χ3v) is 3.51. The highest BCUT2D eigenvalue weighted by molar-refractivity contribution is 5.27. The summed E-state index contributed by atoms with van der Waals surface area (Å²) in [5.41, 5.74) is -0.442. The van der Waals surface area contributed by atoms with E-state index >= 15 is 0 Å². The lowest BCUT2D eigenvalue weighted by molar-refractivity contribution is -0.137. The number of alkyl halides is 3. The number of halogens is 3. The van der Waals surface area contributed by atoms with Crippen LogP contribution < -0.4 is 0 Å². The average Bonchev–Trinajstić information content (AvgIpc) is 2.40. The maximum atomic E-state index is 12.6. The van der Waals surface area contributed by atoms with Gasteiger partial charge in [0.1, 0.15) is 0 Å². The second-order valence-corrected chi connectivity index (χ2v) is 5.06. The Bertz CT molecular complexity index is 450. The van der Waals surface area contributed by atoms with Crippen LogP contribution in [0, 0.1) is 0 Å². The summed E-state index contributed by atoms with van der Waals surface area (Å²) in [5.74, 6) is 0. The minimum atomic E-state index is -4.39. The van der Waals surface area contributed by atoms with Gasteiger partial charge in [-0.25, -0.2) is 0 Å². The molecule has 0 amide bonds. The molecule has 1 fully saturated rings. The van der Waals surface area contributed by atoms with Gasteiger partial charge in [0.05, 0.1) is 24.9 Å². The lowest BCUT2D eigenvalue weighted by Gasteiger charge is -2.34. The van der Waals surface area contributed by atoms with E-state index in [2.05, 4.69) is 0 Å². The van der Waals surface area contributed by atoms with Crippen molar-refractivity contribution in [3.63, 3.8) is 0 Å². The van der Waals surface area contributed by atoms with Gasteiger partial charge in [-0.15, -0.1) is 0 Å². The van der Waals surface area contributed by atoms with Crippen molar-refractivity contribution < 1.29 is 23.0 Å². The molecule has 1 aromatic rings. The van der Waals surface area contributed by atoms with Crippen LogP contribution >= 0.6 is 0 Å². The molecule has 2 rings (SSSR count). The first-order valence-electron chi connectivity index (χ1n) is 6.55. The summed E-state index contributed by atoms with van der Waals surface area (Å²) in [6, 6.07) is 5.02. The number of aliphatic hydroxyl groups is 1. The van der Waals surface area contributed by atoms with Crippen LogP contribution in [0.3, 0.4) is 0 Å². The Morgan fingerprint density at radius 2 is 2.20 bits per heavy atom. The summed E-state index contributed by atoms with van der Waals surface area (Å²) in [4.78, 5) is 2.02. The summed E-state index contributed by atoms with van der Waals surface area (Å²) in [7, 11) is 0. The Labute approximate surface area is 116 Å². The molecule has 0 aliphatic carbocycles. The molecule has 1 saturated heterocycles. The van der Waals surface area contributed by atoms with Gasteiger partial charge in [-0.3, -0.25) is 4.90 Å². The molecule has 1 heterocycles. The second kappa shape index (κ2) is 6.11. The van der Waals surface area contributed by atoms with Gasteiger partial charge >= 0.3 is 6.18 Å². The van der Waals surface area contributed by atoms with Gasteiger partial charge in [0.25, 0.3) is 0 Å². The zero-order valence-corrected chi connectivity index (χ0v) is 11.2. The molecule has 6 heteroatoms. The highest BCUT2D eigenvalue weighted by atomic mass is 19.4. The number of nitrogens with zero attached hydrogens (tertiary/aromatic N) is 1. The fourth-order valence-corrected chi connectivity index (χ4v) is 2.28. The molecule has 0 aromatic heterocycles. The highest BCUT2D eigenvalue weighted by Gasteiger charge is 2.31. The fraction of sp³-hybridized carbons (Fsp3) is 0.571. The molecule has 1 N–H and O–H groups in total. The van der Waals surface area contributed by atoms with Crippen molar-refractivity contribution in [3.05, 3.63) is 35.4 Å². The van der Waals surface area contributed by atoms with E-state index in [1.807, 2.05) is 11.8 Å². The number of rotatable bonds is 3. The minimum absolute atomic E-state index is 0.157.